The van der Waals surface area contributed by atoms with Crippen molar-refractivity contribution in [3.63, 3.8) is 0 Å². The predicted molar refractivity (Wildman–Crippen MR) is 58.2 cm³/mol. The molecular formula is C12H11N3. The molecule has 0 aliphatic rings. The molecule has 0 aliphatic carbocycles. The molecule has 0 amide bonds. The lowest BCUT2D eigenvalue weighted by Gasteiger charge is -2.13. The van der Waals surface area contributed by atoms with Crippen LogP contribution in [0, 0.1) is 11.3 Å². The number of benzene rings is 1. The number of aromatic nitrogens is 2. The summed E-state index contributed by atoms with van der Waals surface area (Å²) in [6.45, 7) is 3.68. The van der Waals surface area contributed by atoms with Crippen LogP contribution in [0.5, 0.6) is 0 Å². The highest BCUT2D eigenvalue weighted by atomic mass is 14.8. The average Bonchev–Trinajstić information content (AvgIpc) is 2.28. The second-order valence-electron chi connectivity index (χ2n) is 3.98. The topological polar surface area (TPSA) is 49.6 Å². The number of hydrogen-bond acceptors (Lipinski definition) is 3. The first-order valence-electron chi connectivity index (χ1n) is 4.77. The van der Waals surface area contributed by atoms with Crippen LogP contribution in [0.1, 0.15) is 19.5 Å². The molecule has 0 atom stereocenters. The van der Waals surface area contributed by atoms with Crippen molar-refractivity contribution >= 4 is 11.0 Å². The molecule has 0 aliphatic heterocycles. The number of rotatable bonds is 1. The normalized spacial score (nSPS) is 11.3. The number of fused-ring (bicyclic) bond motifs is 1. The molecular weight excluding hydrogens is 186 g/mol. The van der Waals surface area contributed by atoms with Crippen molar-refractivity contribution in [3.05, 3.63) is 36.2 Å². The average molecular weight is 197 g/mol. The molecule has 0 fully saturated rings. The third-order valence-electron chi connectivity index (χ3n) is 2.37. The van der Waals surface area contributed by atoms with Crippen molar-refractivity contribution in [3.8, 4) is 6.07 Å². The molecule has 0 radical (unpaired) electrons. The summed E-state index contributed by atoms with van der Waals surface area (Å²) < 4.78 is 0. The predicted octanol–water partition coefficient (Wildman–Crippen LogP) is 2.43. The Morgan fingerprint density at radius 3 is 2.53 bits per heavy atom. The van der Waals surface area contributed by atoms with Crippen LogP contribution in [0.25, 0.3) is 11.0 Å². The quantitative estimate of drug-likeness (QED) is 0.705. The standard InChI is InChI=1S/C12H11N3/c1-12(2,8-13)11-7-14-9-5-3-4-6-10(9)15-11/h3-7H,1-2H3. The van der Waals surface area contributed by atoms with E-state index in [2.05, 4.69) is 16.0 Å². The zero-order valence-corrected chi connectivity index (χ0v) is 8.73. The van der Waals surface area contributed by atoms with Crippen LogP contribution >= 0.6 is 0 Å². The fraction of sp³-hybridized carbons (Fsp3) is 0.250. The summed E-state index contributed by atoms with van der Waals surface area (Å²) in [5, 5.41) is 9.00. The highest BCUT2D eigenvalue weighted by Gasteiger charge is 2.21. The van der Waals surface area contributed by atoms with Crippen molar-refractivity contribution < 1.29 is 0 Å². The van der Waals surface area contributed by atoms with E-state index in [1.165, 1.54) is 0 Å². The van der Waals surface area contributed by atoms with Gasteiger partial charge in [0, 0.05) is 0 Å². The summed E-state index contributed by atoms with van der Waals surface area (Å²) in [5.74, 6) is 0. The molecule has 0 N–H and O–H groups in total. The Morgan fingerprint density at radius 2 is 1.87 bits per heavy atom. The van der Waals surface area contributed by atoms with E-state index in [9.17, 15) is 0 Å². The number of nitriles is 1. The first-order valence-corrected chi connectivity index (χ1v) is 4.77. The summed E-state index contributed by atoms with van der Waals surface area (Å²) >= 11 is 0. The van der Waals surface area contributed by atoms with Crippen molar-refractivity contribution in [2.45, 2.75) is 19.3 Å². The van der Waals surface area contributed by atoms with E-state index >= 15 is 0 Å². The van der Waals surface area contributed by atoms with Gasteiger partial charge < -0.3 is 0 Å². The van der Waals surface area contributed by atoms with E-state index in [1.54, 1.807) is 6.20 Å². The van der Waals surface area contributed by atoms with E-state index in [-0.39, 0.29) is 0 Å². The second-order valence-corrected chi connectivity index (χ2v) is 3.98. The van der Waals surface area contributed by atoms with Crippen molar-refractivity contribution in [1.29, 1.82) is 5.26 Å². The van der Waals surface area contributed by atoms with Gasteiger partial charge in [0.05, 0.1) is 34.4 Å². The molecule has 1 aromatic heterocycles. The minimum absolute atomic E-state index is 0.586. The molecule has 3 nitrogen and oxygen atoms in total. The van der Waals surface area contributed by atoms with Gasteiger partial charge in [0.25, 0.3) is 0 Å². The third-order valence-corrected chi connectivity index (χ3v) is 2.37. The Morgan fingerprint density at radius 1 is 1.20 bits per heavy atom. The highest BCUT2D eigenvalue weighted by molar-refractivity contribution is 5.73. The van der Waals surface area contributed by atoms with Crippen LogP contribution < -0.4 is 0 Å². The maximum Gasteiger partial charge on any atom is 0.0953 e. The van der Waals surface area contributed by atoms with Crippen molar-refractivity contribution in [2.24, 2.45) is 0 Å². The molecule has 2 aromatic rings. The van der Waals surface area contributed by atoms with Gasteiger partial charge in [-0.1, -0.05) is 12.1 Å². The van der Waals surface area contributed by atoms with Gasteiger partial charge in [-0.15, -0.1) is 0 Å². The maximum atomic E-state index is 9.00. The fourth-order valence-electron chi connectivity index (χ4n) is 1.32. The lowest BCUT2D eigenvalue weighted by molar-refractivity contribution is 0.659. The third kappa shape index (κ3) is 1.66. The summed E-state index contributed by atoms with van der Waals surface area (Å²) in [7, 11) is 0. The minimum Gasteiger partial charge on any atom is -0.253 e. The summed E-state index contributed by atoms with van der Waals surface area (Å²) in [5.41, 5.74) is 1.81. The highest BCUT2D eigenvalue weighted by Crippen LogP contribution is 2.20. The summed E-state index contributed by atoms with van der Waals surface area (Å²) in [4.78, 5) is 8.71. The SMILES string of the molecule is CC(C)(C#N)c1cnc2ccccc2n1. The van der Waals surface area contributed by atoms with E-state index < -0.39 is 5.41 Å². The monoisotopic (exact) mass is 197 g/mol. The van der Waals surface area contributed by atoms with E-state index in [0.717, 1.165) is 11.0 Å². The van der Waals surface area contributed by atoms with Crippen LogP contribution in [0.3, 0.4) is 0 Å². The molecule has 2 rings (SSSR count). The summed E-state index contributed by atoms with van der Waals surface area (Å²) in [6, 6.07) is 9.87. The van der Waals surface area contributed by atoms with Gasteiger partial charge in [0.15, 0.2) is 0 Å². The number of hydrogen-bond donors (Lipinski definition) is 0. The zero-order valence-electron chi connectivity index (χ0n) is 8.73. The second kappa shape index (κ2) is 3.32. The molecule has 0 saturated carbocycles. The Kier molecular flexibility index (Phi) is 2.12. The van der Waals surface area contributed by atoms with Crippen LogP contribution in [0.15, 0.2) is 30.5 Å². The molecule has 15 heavy (non-hydrogen) atoms. The van der Waals surface area contributed by atoms with Crippen molar-refractivity contribution in [2.75, 3.05) is 0 Å². The Balaban J connectivity index is 2.63. The molecule has 0 spiro atoms. The molecule has 1 aromatic carbocycles. The molecule has 74 valence electrons. The zero-order chi connectivity index (χ0) is 10.9. The van der Waals surface area contributed by atoms with E-state index in [4.69, 9.17) is 5.26 Å². The van der Waals surface area contributed by atoms with Gasteiger partial charge >= 0.3 is 0 Å². The van der Waals surface area contributed by atoms with Crippen LogP contribution in [-0.2, 0) is 5.41 Å². The van der Waals surface area contributed by atoms with Gasteiger partial charge in [-0.05, 0) is 26.0 Å². The Bertz CT molecular complexity index is 538. The number of para-hydroxylation sites is 2. The number of nitrogens with zero attached hydrogens (tertiary/aromatic N) is 3. The maximum absolute atomic E-state index is 9.00. The lowest BCUT2D eigenvalue weighted by atomic mass is 9.92. The summed E-state index contributed by atoms with van der Waals surface area (Å²) in [6.07, 6.45) is 1.67. The smallest absolute Gasteiger partial charge is 0.0953 e. The van der Waals surface area contributed by atoms with Gasteiger partial charge in [-0.3, -0.25) is 4.98 Å². The fourth-order valence-corrected chi connectivity index (χ4v) is 1.32. The van der Waals surface area contributed by atoms with Gasteiger partial charge in [0.1, 0.15) is 0 Å². The van der Waals surface area contributed by atoms with E-state index in [0.29, 0.717) is 5.69 Å². The van der Waals surface area contributed by atoms with Crippen LogP contribution in [0.4, 0.5) is 0 Å². The Labute approximate surface area is 88.4 Å². The largest absolute Gasteiger partial charge is 0.253 e. The Hall–Kier alpha value is -1.95. The molecule has 0 saturated heterocycles. The van der Waals surface area contributed by atoms with Crippen LogP contribution in [0.2, 0.25) is 0 Å². The van der Waals surface area contributed by atoms with Gasteiger partial charge in [0.2, 0.25) is 0 Å². The molecule has 0 bridgehead atoms. The molecule has 0 unspecified atom stereocenters. The van der Waals surface area contributed by atoms with Gasteiger partial charge in [-0.25, -0.2) is 4.98 Å². The van der Waals surface area contributed by atoms with Crippen LogP contribution in [-0.4, -0.2) is 9.97 Å². The van der Waals surface area contributed by atoms with Crippen molar-refractivity contribution in [1.82, 2.24) is 9.97 Å². The molecule has 1 heterocycles. The minimum atomic E-state index is -0.586. The van der Waals surface area contributed by atoms with E-state index in [1.807, 2.05) is 38.1 Å². The first kappa shape index (κ1) is 9.60. The first-order chi connectivity index (χ1) is 7.13. The van der Waals surface area contributed by atoms with Gasteiger partial charge in [-0.2, -0.15) is 5.26 Å². The lowest BCUT2D eigenvalue weighted by Crippen LogP contribution is -2.16. The molecule has 3 heteroatoms.